The molecule has 0 unspecified atom stereocenters. The molecule has 1 saturated carbocycles. The highest BCUT2D eigenvalue weighted by Gasteiger charge is 2.21. The van der Waals surface area contributed by atoms with Gasteiger partial charge in [-0.3, -0.25) is 4.79 Å². The van der Waals surface area contributed by atoms with Crippen molar-refractivity contribution in [2.75, 3.05) is 23.8 Å². The number of para-hydroxylation sites is 2. The molecule has 1 amide bonds. The summed E-state index contributed by atoms with van der Waals surface area (Å²) in [6.07, 6.45) is 9.90. The number of anilines is 2. The maximum atomic E-state index is 12.2. The van der Waals surface area contributed by atoms with E-state index in [1.165, 1.54) is 25.7 Å². The highest BCUT2D eigenvalue weighted by molar-refractivity contribution is 5.94. The summed E-state index contributed by atoms with van der Waals surface area (Å²) in [5, 5.41) is 3.10. The molecule has 1 fully saturated rings. The molecule has 0 aromatic heterocycles. The van der Waals surface area contributed by atoms with Crippen molar-refractivity contribution in [2.24, 2.45) is 5.73 Å². The number of hydrogen-bond donors (Lipinski definition) is 2. The van der Waals surface area contributed by atoms with E-state index in [2.05, 4.69) is 23.3 Å². The number of hydrogen-bond acceptors (Lipinski definition) is 3. The van der Waals surface area contributed by atoms with Crippen LogP contribution in [0.5, 0.6) is 0 Å². The van der Waals surface area contributed by atoms with Crippen LogP contribution in [0.4, 0.5) is 11.4 Å². The van der Waals surface area contributed by atoms with E-state index in [1.807, 2.05) is 18.2 Å². The molecule has 0 bridgehead atoms. The summed E-state index contributed by atoms with van der Waals surface area (Å²) in [7, 11) is 2.15. The minimum absolute atomic E-state index is 0. The van der Waals surface area contributed by atoms with Gasteiger partial charge in [0, 0.05) is 19.5 Å². The fourth-order valence-electron chi connectivity index (χ4n) is 3.37. The average Bonchev–Trinajstić information content (AvgIpc) is 3.09. The fourth-order valence-corrected chi connectivity index (χ4v) is 3.37. The van der Waals surface area contributed by atoms with E-state index in [9.17, 15) is 4.79 Å². The van der Waals surface area contributed by atoms with E-state index < -0.39 is 0 Å². The predicted molar refractivity (Wildman–Crippen MR) is 112 cm³/mol. The van der Waals surface area contributed by atoms with Crippen LogP contribution in [0.1, 0.15) is 57.8 Å². The van der Waals surface area contributed by atoms with Crippen LogP contribution in [-0.4, -0.2) is 25.5 Å². The van der Waals surface area contributed by atoms with Gasteiger partial charge in [-0.05, 0) is 44.4 Å². The lowest BCUT2D eigenvalue weighted by Crippen LogP contribution is -2.29. The van der Waals surface area contributed by atoms with Gasteiger partial charge in [0.2, 0.25) is 5.91 Å². The first-order valence-electron chi connectivity index (χ1n) is 9.04. The smallest absolute Gasteiger partial charge is 0.224 e. The number of nitrogens with zero attached hydrogens (tertiary/aromatic N) is 1. The Labute approximate surface area is 164 Å². The molecule has 0 heterocycles. The van der Waals surface area contributed by atoms with Gasteiger partial charge in [0.15, 0.2) is 0 Å². The number of benzene rings is 1. The highest BCUT2D eigenvalue weighted by atomic mass is 35.5. The van der Waals surface area contributed by atoms with Gasteiger partial charge in [-0.25, -0.2) is 0 Å². The molecule has 25 heavy (non-hydrogen) atoms. The lowest BCUT2D eigenvalue weighted by atomic mass is 10.1. The minimum atomic E-state index is 0. The fraction of sp³-hybridized carbons (Fsp3) is 0.632. The van der Waals surface area contributed by atoms with Crippen LogP contribution in [-0.2, 0) is 4.79 Å². The summed E-state index contributed by atoms with van der Waals surface area (Å²) in [6, 6.07) is 8.75. The molecule has 6 heteroatoms. The van der Waals surface area contributed by atoms with Gasteiger partial charge in [-0.1, -0.05) is 37.8 Å². The zero-order chi connectivity index (χ0) is 16.5. The molecule has 0 atom stereocenters. The third-order valence-electron chi connectivity index (χ3n) is 4.79. The maximum absolute atomic E-state index is 12.2. The van der Waals surface area contributed by atoms with E-state index in [0.717, 1.165) is 43.6 Å². The van der Waals surface area contributed by atoms with Crippen LogP contribution in [0, 0.1) is 0 Å². The molecule has 1 aliphatic rings. The van der Waals surface area contributed by atoms with Crippen LogP contribution in [0.15, 0.2) is 24.3 Å². The van der Waals surface area contributed by atoms with Gasteiger partial charge in [-0.2, -0.15) is 0 Å². The molecule has 2 rings (SSSR count). The molecule has 0 aliphatic heterocycles. The summed E-state index contributed by atoms with van der Waals surface area (Å²) in [4.78, 5) is 14.5. The van der Waals surface area contributed by atoms with Crippen LogP contribution < -0.4 is 16.0 Å². The topological polar surface area (TPSA) is 58.4 Å². The third-order valence-corrected chi connectivity index (χ3v) is 4.79. The number of nitrogens with two attached hydrogens (primary N) is 1. The Hall–Kier alpha value is -0.970. The number of amides is 1. The summed E-state index contributed by atoms with van der Waals surface area (Å²) < 4.78 is 0. The Morgan fingerprint density at radius 1 is 1.12 bits per heavy atom. The second-order valence-electron chi connectivity index (χ2n) is 6.57. The molecule has 0 saturated heterocycles. The highest BCUT2D eigenvalue weighted by Crippen LogP contribution is 2.31. The lowest BCUT2D eigenvalue weighted by molar-refractivity contribution is -0.116. The Kier molecular flexibility index (Phi) is 12.7. The SMILES string of the molecule is CN(c1ccccc1NC(=O)CCCCCCN)C1CCCC1.Cl.Cl. The van der Waals surface area contributed by atoms with E-state index in [4.69, 9.17) is 5.73 Å². The van der Waals surface area contributed by atoms with Gasteiger partial charge in [0.25, 0.3) is 0 Å². The van der Waals surface area contributed by atoms with Crippen LogP contribution >= 0.6 is 24.8 Å². The largest absolute Gasteiger partial charge is 0.370 e. The zero-order valence-corrected chi connectivity index (χ0v) is 16.8. The zero-order valence-electron chi connectivity index (χ0n) is 15.2. The molecule has 1 aromatic carbocycles. The summed E-state index contributed by atoms with van der Waals surface area (Å²) in [5.74, 6) is 0.116. The van der Waals surface area contributed by atoms with E-state index in [0.29, 0.717) is 12.5 Å². The molecule has 144 valence electrons. The van der Waals surface area contributed by atoms with E-state index >= 15 is 0 Å². The van der Waals surface area contributed by atoms with Crippen molar-refractivity contribution in [3.05, 3.63) is 24.3 Å². The molecule has 0 spiro atoms. The summed E-state index contributed by atoms with van der Waals surface area (Å²) in [5.41, 5.74) is 7.56. The normalized spacial score (nSPS) is 13.7. The number of nitrogens with one attached hydrogen (secondary N) is 1. The van der Waals surface area contributed by atoms with Crippen molar-refractivity contribution in [2.45, 2.75) is 63.8 Å². The number of halogens is 2. The van der Waals surface area contributed by atoms with Crippen molar-refractivity contribution in [1.82, 2.24) is 0 Å². The van der Waals surface area contributed by atoms with Crippen LogP contribution in [0.25, 0.3) is 0 Å². The number of rotatable bonds is 9. The van der Waals surface area contributed by atoms with Gasteiger partial charge in [0.1, 0.15) is 0 Å². The second kappa shape index (κ2) is 13.3. The Morgan fingerprint density at radius 2 is 1.76 bits per heavy atom. The molecular weight excluding hydrogens is 357 g/mol. The van der Waals surface area contributed by atoms with Crippen molar-refractivity contribution in [1.29, 1.82) is 0 Å². The molecule has 0 radical (unpaired) electrons. The Balaban J connectivity index is 0.00000288. The maximum Gasteiger partial charge on any atom is 0.224 e. The first kappa shape index (κ1) is 24.0. The standard InChI is InChI=1S/C19H31N3O.2ClH/c1-22(16-10-5-6-11-16)18-13-8-7-12-17(18)21-19(23)14-4-2-3-9-15-20;;/h7-8,12-13,16H,2-6,9-11,14-15,20H2,1H3,(H,21,23);2*1H. The third kappa shape index (κ3) is 7.85. The molecule has 4 nitrogen and oxygen atoms in total. The monoisotopic (exact) mass is 389 g/mol. The van der Waals surface area contributed by atoms with E-state index in [-0.39, 0.29) is 30.7 Å². The summed E-state index contributed by atoms with van der Waals surface area (Å²) in [6.45, 7) is 0.743. The predicted octanol–water partition coefficient (Wildman–Crippen LogP) is 4.76. The van der Waals surface area contributed by atoms with E-state index in [1.54, 1.807) is 0 Å². The van der Waals surface area contributed by atoms with Gasteiger partial charge in [0.05, 0.1) is 11.4 Å². The number of unbranched alkanes of at least 4 members (excludes halogenated alkanes) is 3. The average molecular weight is 390 g/mol. The van der Waals surface area contributed by atoms with Crippen molar-refractivity contribution < 1.29 is 4.79 Å². The molecule has 1 aliphatic carbocycles. The molecule has 3 N–H and O–H groups in total. The van der Waals surface area contributed by atoms with Crippen molar-refractivity contribution >= 4 is 42.1 Å². The molecule has 1 aromatic rings. The minimum Gasteiger partial charge on any atom is -0.370 e. The Morgan fingerprint density at radius 3 is 2.44 bits per heavy atom. The number of carbonyl (C=O) groups excluding carboxylic acids is 1. The quantitative estimate of drug-likeness (QED) is 0.598. The number of carbonyl (C=O) groups is 1. The van der Waals surface area contributed by atoms with Crippen LogP contribution in [0.2, 0.25) is 0 Å². The van der Waals surface area contributed by atoms with Gasteiger partial charge in [-0.15, -0.1) is 24.8 Å². The van der Waals surface area contributed by atoms with Crippen molar-refractivity contribution in [3.8, 4) is 0 Å². The first-order valence-corrected chi connectivity index (χ1v) is 9.04. The van der Waals surface area contributed by atoms with Gasteiger partial charge >= 0.3 is 0 Å². The van der Waals surface area contributed by atoms with Crippen LogP contribution in [0.3, 0.4) is 0 Å². The Bertz CT molecular complexity index is 493. The second-order valence-corrected chi connectivity index (χ2v) is 6.57. The molecular formula is C19H33Cl2N3O. The van der Waals surface area contributed by atoms with Crippen molar-refractivity contribution in [3.63, 3.8) is 0 Å². The first-order chi connectivity index (χ1) is 11.2. The lowest BCUT2D eigenvalue weighted by Gasteiger charge is -2.28. The summed E-state index contributed by atoms with van der Waals surface area (Å²) >= 11 is 0. The van der Waals surface area contributed by atoms with Gasteiger partial charge < -0.3 is 16.0 Å².